The van der Waals surface area contributed by atoms with Crippen LogP contribution in [-0.2, 0) is 16.0 Å². The maximum absolute atomic E-state index is 12.2. The lowest BCUT2D eigenvalue weighted by molar-refractivity contribution is -0.178. The van der Waals surface area contributed by atoms with E-state index >= 15 is 0 Å². The molecular weight excluding hydrogens is 345 g/mol. The molecule has 0 aliphatic carbocycles. The van der Waals surface area contributed by atoms with E-state index in [1.165, 1.54) is 5.56 Å². The molecule has 8 heteroatoms. The van der Waals surface area contributed by atoms with Crippen molar-refractivity contribution in [3.05, 3.63) is 35.4 Å². The molecular formula is C16H22ClF3N2O2. The van der Waals surface area contributed by atoms with Crippen LogP contribution in [-0.4, -0.2) is 49.8 Å². The van der Waals surface area contributed by atoms with Crippen LogP contribution >= 0.6 is 12.4 Å². The van der Waals surface area contributed by atoms with Crippen molar-refractivity contribution < 1.29 is 22.7 Å². The third-order valence-electron chi connectivity index (χ3n) is 3.83. The van der Waals surface area contributed by atoms with Crippen LogP contribution in [0.1, 0.15) is 24.1 Å². The molecule has 1 unspecified atom stereocenters. The van der Waals surface area contributed by atoms with Gasteiger partial charge in [-0.15, -0.1) is 12.4 Å². The molecule has 1 heterocycles. The zero-order chi connectivity index (χ0) is 16.9. The summed E-state index contributed by atoms with van der Waals surface area (Å²) in [6, 6.07) is 7.76. The summed E-state index contributed by atoms with van der Waals surface area (Å²) < 4.78 is 40.8. The third kappa shape index (κ3) is 5.96. The van der Waals surface area contributed by atoms with Crippen molar-refractivity contribution in [3.63, 3.8) is 0 Å². The van der Waals surface area contributed by atoms with Gasteiger partial charge in [-0.2, -0.15) is 13.2 Å². The van der Waals surface area contributed by atoms with E-state index < -0.39 is 25.3 Å². The molecule has 1 fully saturated rings. The average Bonchev–Trinajstić information content (AvgIpc) is 2.53. The monoisotopic (exact) mass is 366 g/mol. The zero-order valence-electron chi connectivity index (χ0n) is 13.4. The lowest BCUT2D eigenvalue weighted by atomic mass is 10.0. The van der Waals surface area contributed by atoms with Crippen molar-refractivity contribution in [3.8, 4) is 0 Å². The van der Waals surface area contributed by atoms with Gasteiger partial charge in [0.1, 0.15) is 13.2 Å². The third-order valence-corrected chi connectivity index (χ3v) is 3.83. The molecule has 1 atom stereocenters. The standard InChI is InChI=1S/C16H21F3N2O2.ClH/c1-2-12-3-5-13(6-4-12)14-9-20-7-8-21(14)15(22)10-23-11-16(17,18)19;/h3-6,14,20H,2,7-11H2,1H3;1H. The van der Waals surface area contributed by atoms with Crippen LogP contribution < -0.4 is 5.32 Å². The van der Waals surface area contributed by atoms with Crippen LogP contribution in [0.25, 0.3) is 0 Å². The highest BCUT2D eigenvalue weighted by Crippen LogP contribution is 2.23. The second kappa shape index (κ2) is 9.25. The number of carbonyl (C=O) groups excluding carboxylic acids is 1. The fourth-order valence-electron chi connectivity index (χ4n) is 2.61. The highest BCUT2D eigenvalue weighted by atomic mass is 35.5. The van der Waals surface area contributed by atoms with Crippen molar-refractivity contribution in [2.45, 2.75) is 25.6 Å². The molecule has 1 amide bonds. The van der Waals surface area contributed by atoms with E-state index in [1.807, 2.05) is 24.3 Å². The van der Waals surface area contributed by atoms with Gasteiger partial charge in [-0.05, 0) is 17.5 Å². The number of ether oxygens (including phenoxy) is 1. The fourth-order valence-corrected chi connectivity index (χ4v) is 2.61. The van der Waals surface area contributed by atoms with E-state index in [4.69, 9.17) is 0 Å². The number of benzene rings is 1. The molecule has 1 aliphatic rings. The van der Waals surface area contributed by atoms with Gasteiger partial charge in [-0.25, -0.2) is 0 Å². The smallest absolute Gasteiger partial charge is 0.362 e. The Labute approximate surface area is 145 Å². The number of aryl methyl sites for hydroxylation is 1. The summed E-state index contributed by atoms with van der Waals surface area (Å²) in [7, 11) is 0. The first kappa shape index (κ1) is 20.7. The largest absolute Gasteiger partial charge is 0.411 e. The average molecular weight is 367 g/mol. The summed E-state index contributed by atoms with van der Waals surface area (Å²) in [6.45, 7) is 1.76. The summed E-state index contributed by atoms with van der Waals surface area (Å²) in [5.74, 6) is -0.416. The Hall–Kier alpha value is -1.31. The molecule has 1 N–H and O–H groups in total. The normalized spacial score (nSPS) is 18.2. The Balaban J connectivity index is 0.00000288. The number of halogens is 4. The lowest BCUT2D eigenvalue weighted by Crippen LogP contribution is -2.49. The van der Waals surface area contributed by atoms with Crippen LogP contribution in [0.4, 0.5) is 13.2 Å². The van der Waals surface area contributed by atoms with Gasteiger partial charge >= 0.3 is 6.18 Å². The van der Waals surface area contributed by atoms with Crippen molar-refractivity contribution in [1.82, 2.24) is 10.2 Å². The van der Waals surface area contributed by atoms with Crippen LogP contribution in [0.2, 0.25) is 0 Å². The second-order valence-corrected chi connectivity index (χ2v) is 5.51. The van der Waals surface area contributed by atoms with E-state index in [-0.39, 0.29) is 18.4 Å². The number of rotatable bonds is 5. The number of amides is 1. The predicted molar refractivity (Wildman–Crippen MR) is 87.3 cm³/mol. The van der Waals surface area contributed by atoms with E-state index in [0.717, 1.165) is 12.0 Å². The summed E-state index contributed by atoms with van der Waals surface area (Å²) in [5, 5.41) is 3.21. The maximum atomic E-state index is 12.2. The first-order valence-electron chi connectivity index (χ1n) is 7.64. The maximum Gasteiger partial charge on any atom is 0.411 e. The first-order chi connectivity index (χ1) is 10.9. The molecule has 0 radical (unpaired) electrons. The molecule has 0 saturated carbocycles. The topological polar surface area (TPSA) is 41.6 Å². The summed E-state index contributed by atoms with van der Waals surface area (Å²) in [4.78, 5) is 13.8. The van der Waals surface area contributed by atoms with Gasteiger partial charge in [0, 0.05) is 19.6 Å². The number of alkyl halides is 3. The highest BCUT2D eigenvalue weighted by Gasteiger charge is 2.31. The van der Waals surface area contributed by atoms with Crippen LogP contribution in [0.3, 0.4) is 0 Å². The number of hydrogen-bond donors (Lipinski definition) is 1. The number of hydrogen-bond acceptors (Lipinski definition) is 3. The Kier molecular flexibility index (Phi) is 7.99. The van der Waals surface area contributed by atoms with E-state index in [2.05, 4.69) is 17.0 Å². The van der Waals surface area contributed by atoms with Crippen molar-refractivity contribution >= 4 is 18.3 Å². The molecule has 0 bridgehead atoms. The van der Waals surface area contributed by atoms with Crippen molar-refractivity contribution in [2.24, 2.45) is 0 Å². The van der Waals surface area contributed by atoms with Gasteiger partial charge in [-0.1, -0.05) is 31.2 Å². The van der Waals surface area contributed by atoms with Crippen LogP contribution in [0, 0.1) is 0 Å². The molecule has 136 valence electrons. The summed E-state index contributed by atoms with van der Waals surface area (Å²) >= 11 is 0. The molecule has 1 saturated heterocycles. The zero-order valence-corrected chi connectivity index (χ0v) is 14.3. The SMILES string of the molecule is CCc1ccc(C2CNCCN2C(=O)COCC(F)(F)F)cc1.Cl. The van der Waals surface area contributed by atoms with Crippen molar-refractivity contribution in [2.75, 3.05) is 32.8 Å². The van der Waals surface area contributed by atoms with Gasteiger partial charge in [-0.3, -0.25) is 4.79 Å². The molecule has 0 aromatic heterocycles. The molecule has 0 spiro atoms. The first-order valence-corrected chi connectivity index (χ1v) is 7.64. The Morgan fingerprint density at radius 3 is 2.58 bits per heavy atom. The minimum Gasteiger partial charge on any atom is -0.362 e. The van der Waals surface area contributed by atoms with Crippen LogP contribution in [0.15, 0.2) is 24.3 Å². The van der Waals surface area contributed by atoms with E-state index in [0.29, 0.717) is 19.6 Å². The van der Waals surface area contributed by atoms with Gasteiger partial charge in [0.2, 0.25) is 5.91 Å². The minimum atomic E-state index is -4.42. The Morgan fingerprint density at radius 1 is 1.33 bits per heavy atom. The summed E-state index contributed by atoms with van der Waals surface area (Å²) in [6.07, 6.45) is -3.49. The van der Waals surface area contributed by atoms with Gasteiger partial charge < -0.3 is 15.0 Å². The van der Waals surface area contributed by atoms with Gasteiger partial charge in [0.05, 0.1) is 6.04 Å². The molecule has 1 aromatic carbocycles. The Bertz CT molecular complexity index is 523. The predicted octanol–water partition coefficient (Wildman–Crippen LogP) is 2.72. The van der Waals surface area contributed by atoms with Crippen molar-refractivity contribution in [1.29, 1.82) is 0 Å². The lowest BCUT2D eigenvalue weighted by Gasteiger charge is -2.36. The number of nitrogens with zero attached hydrogens (tertiary/aromatic N) is 1. The fraction of sp³-hybridized carbons (Fsp3) is 0.562. The number of nitrogens with one attached hydrogen (secondary N) is 1. The highest BCUT2D eigenvalue weighted by molar-refractivity contribution is 5.85. The molecule has 1 aliphatic heterocycles. The molecule has 4 nitrogen and oxygen atoms in total. The van der Waals surface area contributed by atoms with Gasteiger partial charge in [0.25, 0.3) is 0 Å². The quantitative estimate of drug-likeness (QED) is 0.871. The minimum absolute atomic E-state index is 0. The molecule has 24 heavy (non-hydrogen) atoms. The number of piperazine rings is 1. The molecule has 2 rings (SSSR count). The molecule has 1 aromatic rings. The van der Waals surface area contributed by atoms with E-state index in [1.54, 1.807) is 4.90 Å². The van der Waals surface area contributed by atoms with Crippen LogP contribution in [0.5, 0.6) is 0 Å². The Morgan fingerprint density at radius 2 is 2.00 bits per heavy atom. The number of carbonyl (C=O) groups is 1. The van der Waals surface area contributed by atoms with E-state index in [9.17, 15) is 18.0 Å². The van der Waals surface area contributed by atoms with Gasteiger partial charge in [0.15, 0.2) is 0 Å². The second-order valence-electron chi connectivity index (χ2n) is 5.51. The summed E-state index contributed by atoms with van der Waals surface area (Å²) in [5.41, 5.74) is 2.17.